The molecule has 0 aliphatic carbocycles. The number of nitrogens with one attached hydrogen (secondary N) is 1. The molecule has 4 rings (SSSR count). The van der Waals surface area contributed by atoms with E-state index in [0.29, 0.717) is 11.5 Å². The van der Waals surface area contributed by atoms with Crippen LogP contribution in [-0.2, 0) is 6.54 Å². The lowest BCUT2D eigenvalue weighted by molar-refractivity contribution is -0.0328. The monoisotopic (exact) mass is 433 g/mol. The van der Waals surface area contributed by atoms with Crippen LogP contribution in [0.25, 0.3) is 17.2 Å². The average Bonchev–Trinajstić information content (AvgIpc) is 3.31. The topological polar surface area (TPSA) is 88.7 Å². The Morgan fingerprint density at radius 1 is 1.10 bits per heavy atom. The lowest BCUT2D eigenvalue weighted by Crippen LogP contribution is -2.23. The summed E-state index contributed by atoms with van der Waals surface area (Å²) in [7, 11) is 0. The molecule has 0 amide bonds. The van der Waals surface area contributed by atoms with Crippen molar-refractivity contribution in [3.8, 4) is 23.1 Å². The second kappa shape index (κ2) is 7.75. The molecule has 3 aromatic heterocycles. The molecule has 3 heterocycles. The number of benzene rings is 1. The Balaban J connectivity index is 1.60. The summed E-state index contributed by atoms with van der Waals surface area (Å²) in [5, 5.41) is 10.2. The number of halogens is 3. The van der Waals surface area contributed by atoms with Gasteiger partial charge in [-0.25, -0.2) is 14.3 Å². The predicted molar refractivity (Wildman–Crippen MR) is 105 cm³/mol. The number of hydrogen-bond donors (Lipinski definition) is 2. The van der Waals surface area contributed by atoms with E-state index in [4.69, 9.17) is 0 Å². The minimum Gasteiger partial charge on any atom is -0.493 e. The summed E-state index contributed by atoms with van der Waals surface area (Å²) >= 11 is -0.249. The standard InChI is InChI=1S/C19H14F3N5O2S/c20-19(21,22)30-14-3-1-13(2-4-14)27-16(28)11-26(18(27)29)10-12-5-6-23-15(9-12)17-24-7-8-25-17/h1-9,11,28H,10H2,(H,24,25). The molecule has 0 fully saturated rings. The van der Waals surface area contributed by atoms with Crippen molar-refractivity contribution in [2.45, 2.75) is 16.9 Å². The van der Waals surface area contributed by atoms with E-state index in [1.165, 1.54) is 35.0 Å². The molecule has 30 heavy (non-hydrogen) atoms. The Kier molecular flexibility index (Phi) is 5.12. The fraction of sp³-hybridized carbons (Fsp3) is 0.105. The number of alkyl halides is 3. The van der Waals surface area contributed by atoms with Crippen LogP contribution in [-0.4, -0.2) is 34.7 Å². The second-order valence-electron chi connectivity index (χ2n) is 6.26. The lowest BCUT2D eigenvalue weighted by atomic mass is 10.2. The van der Waals surface area contributed by atoms with Gasteiger partial charge in [0.1, 0.15) is 5.69 Å². The van der Waals surface area contributed by atoms with E-state index in [1.807, 2.05) is 0 Å². The Morgan fingerprint density at radius 2 is 1.87 bits per heavy atom. The van der Waals surface area contributed by atoms with E-state index in [2.05, 4.69) is 15.0 Å². The number of rotatable bonds is 5. The Bertz CT molecular complexity index is 1210. The molecule has 7 nitrogen and oxygen atoms in total. The summed E-state index contributed by atoms with van der Waals surface area (Å²) in [5.74, 6) is 0.262. The zero-order valence-electron chi connectivity index (χ0n) is 15.2. The van der Waals surface area contributed by atoms with E-state index in [0.717, 1.165) is 10.1 Å². The SMILES string of the molecule is O=c1n(Cc2ccnc(-c3ncc[nH]3)c2)cc(O)n1-c1ccc(SC(F)(F)F)cc1. The molecule has 1 aromatic carbocycles. The maximum Gasteiger partial charge on any atom is 0.446 e. The van der Waals surface area contributed by atoms with E-state index in [1.54, 1.807) is 30.7 Å². The number of thioether (sulfide) groups is 1. The van der Waals surface area contributed by atoms with E-state index in [9.17, 15) is 23.1 Å². The first-order valence-corrected chi connectivity index (χ1v) is 9.44. The molecular weight excluding hydrogens is 419 g/mol. The third-order valence-corrected chi connectivity index (χ3v) is 4.92. The summed E-state index contributed by atoms with van der Waals surface area (Å²) in [5.41, 5.74) is -3.31. The zero-order valence-corrected chi connectivity index (χ0v) is 16.0. The van der Waals surface area contributed by atoms with Gasteiger partial charge in [0.15, 0.2) is 5.82 Å². The predicted octanol–water partition coefficient (Wildman–Crippen LogP) is 3.79. The van der Waals surface area contributed by atoms with Gasteiger partial charge in [-0.2, -0.15) is 13.2 Å². The van der Waals surface area contributed by atoms with Crippen molar-refractivity contribution in [2.24, 2.45) is 0 Å². The van der Waals surface area contributed by atoms with E-state index in [-0.39, 0.29) is 34.8 Å². The molecule has 4 aromatic rings. The van der Waals surface area contributed by atoms with Crippen LogP contribution in [0, 0.1) is 0 Å². The van der Waals surface area contributed by atoms with Crippen molar-refractivity contribution in [1.29, 1.82) is 0 Å². The third kappa shape index (κ3) is 4.25. The first-order chi connectivity index (χ1) is 14.3. The molecule has 154 valence electrons. The van der Waals surface area contributed by atoms with Gasteiger partial charge in [0.2, 0.25) is 5.88 Å². The first kappa shape index (κ1) is 19.8. The van der Waals surface area contributed by atoms with Crippen molar-refractivity contribution in [3.05, 3.63) is 77.2 Å². The molecule has 11 heteroatoms. The van der Waals surface area contributed by atoms with Crippen LogP contribution in [0.5, 0.6) is 5.88 Å². The maximum absolute atomic E-state index is 12.8. The van der Waals surface area contributed by atoms with Crippen LogP contribution in [0.4, 0.5) is 13.2 Å². The molecule has 0 aliphatic rings. The number of aromatic hydroxyl groups is 1. The summed E-state index contributed by atoms with van der Waals surface area (Å²) in [6, 6.07) is 8.69. The van der Waals surface area contributed by atoms with Gasteiger partial charge in [0.05, 0.1) is 18.4 Å². The van der Waals surface area contributed by atoms with Gasteiger partial charge >= 0.3 is 11.2 Å². The van der Waals surface area contributed by atoms with Crippen LogP contribution >= 0.6 is 11.8 Å². The average molecular weight is 433 g/mol. The van der Waals surface area contributed by atoms with Crippen molar-refractivity contribution in [1.82, 2.24) is 24.1 Å². The molecule has 0 unspecified atom stereocenters. The van der Waals surface area contributed by atoms with Crippen LogP contribution in [0.3, 0.4) is 0 Å². The highest BCUT2D eigenvalue weighted by Gasteiger charge is 2.29. The highest BCUT2D eigenvalue weighted by molar-refractivity contribution is 8.00. The highest BCUT2D eigenvalue weighted by Crippen LogP contribution is 2.37. The third-order valence-electron chi connectivity index (χ3n) is 4.18. The molecule has 0 saturated carbocycles. The van der Waals surface area contributed by atoms with Gasteiger partial charge in [-0.05, 0) is 53.7 Å². The molecule has 0 saturated heterocycles. The fourth-order valence-corrected chi connectivity index (χ4v) is 3.48. The number of H-pyrrole nitrogens is 1. The van der Waals surface area contributed by atoms with Gasteiger partial charge in [0.25, 0.3) is 0 Å². The van der Waals surface area contributed by atoms with Crippen molar-refractivity contribution in [2.75, 3.05) is 0 Å². The molecule has 0 bridgehead atoms. The smallest absolute Gasteiger partial charge is 0.446 e. The van der Waals surface area contributed by atoms with Crippen molar-refractivity contribution in [3.63, 3.8) is 0 Å². The van der Waals surface area contributed by atoms with Crippen molar-refractivity contribution < 1.29 is 18.3 Å². The number of hydrogen-bond acceptors (Lipinski definition) is 5. The maximum atomic E-state index is 12.8. The number of aromatic amines is 1. The minimum absolute atomic E-state index is 0.0135. The van der Waals surface area contributed by atoms with Gasteiger partial charge < -0.3 is 10.1 Å². The Labute approximate surface area is 171 Å². The molecule has 0 spiro atoms. The Hall–Kier alpha value is -3.47. The lowest BCUT2D eigenvalue weighted by Gasteiger charge is -2.07. The zero-order chi connectivity index (χ0) is 21.3. The highest BCUT2D eigenvalue weighted by atomic mass is 32.2. The van der Waals surface area contributed by atoms with Gasteiger partial charge in [-0.3, -0.25) is 9.55 Å². The van der Waals surface area contributed by atoms with Crippen molar-refractivity contribution >= 4 is 11.8 Å². The first-order valence-electron chi connectivity index (χ1n) is 8.62. The fourth-order valence-electron chi connectivity index (χ4n) is 2.94. The quantitative estimate of drug-likeness (QED) is 0.468. The summed E-state index contributed by atoms with van der Waals surface area (Å²) in [4.78, 5) is 24.1. The van der Waals surface area contributed by atoms with E-state index < -0.39 is 11.2 Å². The van der Waals surface area contributed by atoms with Gasteiger partial charge in [-0.15, -0.1) is 0 Å². The number of nitrogens with zero attached hydrogens (tertiary/aromatic N) is 4. The van der Waals surface area contributed by atoms with Gasteiger partial charge in [0, 0.05) is 23.5 Å². The number of pyridine rings is 1. The Morgan fingerprint density at radius 3 is 2.53 bits per heavy atom. The van der Waals surface area contributed by atoms with Crippen LogP contribution in [0.2, 0.25) is 0 Å². The molecular formula is C19H14F3N5O2S. The largest absolute Gasteiger partial charge is 0.493 e. The summed E-state index contributed by atoms with van der Waals surface area (Å²) in [6.45, 7) is 0.164. The molecule has 0 atom stereocenters. The van der Waals surface area contributed by atoms with E-state index >= 15 is 0 Å². The molecule has 2 N–H and O–H groups in total. The number of aromatic nitrogens is 5. The van der Waals surface area contributed by atoms with Crippen LogP contribution in [0.1, 0.15) is 5.56 Å². The summed E-state index contributed by atoms with van der Waals surface area (Å²) < 4.78 is 39.8. The molecule has 0 aliphatic heterocycles. The normalized spacial score (nSPS) is 11.7. The second-order valence-corrected chi connectivity index (χ2v) is 7.40. The minimum atomic E-state index is -4.40. The molecule has 0 radical (unpaired) electrons. The van der Waals surface area contributed by atoms with Crippen LogP contribution in [0.15, 0.2) is 70.9 Å². The summed E-state index contributed by atoms with van der Waals surface area (Å²) in [6.07, 6.45) is 6.13. The van der Waals surface area contributed by atoms with Crippen LogP contribution < -0.4 is 5.69 Å². The van der Waals surface area contributed by atoms with Gasteiger partial charge in [-0.1, -0.05) is 0 Å². The number of imidazole rings is 2.